The van der Waals surface area contributed by atoms with Crippen molar-refractivity contribution in [2.45, 2.75) is 33.1 Å². The van der Waals surface area contributed by atoms with Gasteiger partial charge in [-0.25, -0.2) is 4.79 Å². The van der Waals surface area contributed by atoms with E-state index in [2.05, 4.69) is 30.3 Å². The number of esters is 1. The number of rotatable bonds is 4. The van der Waals surface area contributed by atoms with Crippen molar-refractivity contribution in [1.82, 2.24) is 0 Å². The Labute approximate surface area is 73.6 Å². The van der Waals surface area contributed by atoms with Crippen molar-refractivity contribution in [2.75, 3.05) is 0 Å². The molecule has 0 fully saturated rings. The predicted molar refractivity (Wildman–Crippen MR) is 48.2 cm³/mol. The first-order valence-corrected chi connectivity index (χ1v) is 4.03. The van der Waals surface area contributed by atoms with E-state index in [1.807, 2.05) is 0 Å². The van der Waals surface area contributed by atoms with Gasteiger partial charge in [0.1, 0.15) is 6.11 Å². The van der Waals surface area contributed by atoms with E-state index >= 15 is 0 Å². The minimum Gasteiger partial charge on any atom is -0.369 e. The first-order chi connectivity index (χ1) is 5.72. The molecule has 0 rings (SSSR count). The van der Waals surface area contributed by atoms with E-state index in [9.17, 15) is 4.79 Å². The van der Waals surface area contributed by atoms with E-state index in [0.717, 1.165) is 12.8 Å². The summed E-state index contributed by atoms with van der Waals surface area (Å²) >= 11 is 0. The zero-order valence-corrected chi connectivity index (χ0v) is 7.64. The average Bonchev–Trinajstić information content (AvgIpc) is 2.10. The molecule has 0 saturated carbocycles. The second kappa shape index (κ2) is 6.48. The largest absolute Gasteiger partial charge is 0.369 e. The lowest BCUT2D eigenvalue weighted by Crippen LogP contribution is -2.02. The molecule has 2 nitrogen and oxygen atoms in total. The zero-order chi connectivity index (χ0) is 9.40. The molecule has 0 spiro atoms. The smallest absolute Gasteiger partial charge is 0.347 e. The first-order valence-electron chi connectivity index (χ1n) is 4.03. The molecule has 0 aromatic rings. The second-order valence-electron chi connectivity index (χ2n) is 2.45. The van der Waals surface area contributed by atoms with Crippen molar-refractivity contribution >= 4 is 5.97 Å². The van der Waals surface area contributed by atoms with Gasteiger partial charge in [0.05, 0.1) is 0 Å². The molecule has 0 aliphatic carbocycles. The van der Waals surface area contributed by atoms with Crippen LogP contribution in [0.5, 0.6) is 0 Å². The lowest BCUT2D eigenvalue weighted by Gasteiger charge is -1.99. The maximum Gasteiger partial charge on any atom is 0.347 e. The van der Waals surface area contributed by atoms with Crippen LogP contribution in [0.2, 0.25) is 0 Å². The summed E-state index contributed by atoms with van der Waals surface area (Å²) in [5.74, 6) is 2.07. The Bertz CT molecular complexity index is 218. The fourth-order valence-corrected chi connectivity index (χ4v) is 0.662. The highest BCUT2D eigenvalue weighted by Gasteiger charge is 2.05. The average molecular weight is 166 g/mol. The molecule has 0 radical (unpaired) electrons. The number of ether oxygens (including phenoxy) is 1. The maximum absolute atomic E-state index is 11.0. The van der Waals surface area contributed by atoms with Crippen LogP contribution in [0.1, 0.15) is 33.1 Å². The molecule has 0 bridgehead atoms. The van der Waals surface area contributed by atoms with E-state index in [1.165, 1.54) is 0 Å². The first kappa shape index (κ1) is 10.8. The number of carbonyl (C=O) groups is 1. The minimum absolute atomic E-state index is 0.405. The molecule has 0 aromatic heterocycles. The fraction of sp³-hybridized carbons (Fsp3) is 0.500. The number of unbranched alkanes of at least 4 members (excludes halogenated alkanes) is 1. The molecule has 12 heavy (non-hydrogen) atoms. The number of carbonyl (C=O) groups excluding carboxylic acids is 1. The molecule has 0 atom stereocenters. The lowest BCUT2D eigenvalue weighted by atomic mass is 10.1. The SMILES string of the molecule is C=C(CCCC)C(=O)OC#CC. The summed E-state index contributed by atoms with van der Waals surface area (Å²) in [6, 6.07) is 0. The Balaban J connectivity index is 3.75. The van der Waals surface area contributed by atoms with E-state index in [-0.39, 0.29) is 0 Å². The van der Waals surface area contributed by atoms with Crippen LogP contribution in [-0.2, 0) is 9.53 Å². The van der Waals surface area contributed by atoms with Crippen LogP contribution in [-0.4, -0.2) is 5.97 Å². The molecular weight excluding hydrogens is 152 g/mol. The summed E-state index contributed by atoms with van der Waals surface area (Å²) < 4.78 is 4.55. The standard InChI is InChI=1S/C10H14O2/c1-4-6-7-9(3)10(11)12-8-5-2/h3-4,6-7H2,1-2H3. The van der Waals surface area contributed by atoms with Gasteiger partial charge in [-0.3, -0.25) is 0 Å². The number of hydrogen-bond acceptors (Lipinski definition) is 2. The van der Waals surface area contributed by atoms with Gasteiger partial charge in [0.15, 0.2) is 0 Å². The quantitative estimate of drug-likeness (QED) is 0.364. The van der Waals surface area contributed by atoms with Crippen molar-refractivity contribution in [3.63, 3.8) is 0 Å². The fourth-order valence-electron chi connectivity index (χ4n) is 0.662. The molecule has 0 aliphatic rings. The zero-order valence-electron chi connectivity index (χ0n) is 7.64. The van der Waals surface area contributed by atoms with Gasteiger partial charge in [-0.1, -0.05) is 25.8 Å². The third-order valence-electron chi connectivity index (χ3n) is 1.37. The van der Waals surface area contributed by atoms with E-state index in [0.29, 0.717) is 12.0 Å². The normalized spacial score (nSPS) is 8.17. The van der Waals surface area contributed by atoms with Crippen LogP contribution in [0.15, 0.2) is 12.2 Å². The van der Waals surface area contributed by atoms with E-state index in [4.69, 9.17) is 0 Å². The topological polar surface area (TPSA) is 26.3 Å². The summed E-state index contributed by atoms with van der Waals surface area (Å²) in [5, 5.41) is 0. The van der Waals surface area contributed by atoms with Crippen LogP contribution in [0.4, 0.5) is 0 Å². The van der Waals surface area contributed by atoms with Crippen LogP contribution in [0.25, 0.3) is 0 Å². The van der Waals surface area contributed by atoms with Gasteiger partial charge in [0, 0.05) is 12.5 Å². The molecule has 0 heterocycles. The summed E-state index contributed by atoms with van der Waals surface area (Å²) in [7, 11) is 0. The van der Waals surface area contributed by atoms with E-state index in [1.54, 1.807) is 6.92 Å². The highest BCUT2D eigenvalue weighted by atomic mass is 16.5. The summed E-state index contributed by atoms with van der Waals surface area (Å²) in [5.41, 5.74) is 0.500. The van der Waals surface area contributed by atoms with Crippen LogP contribution < -0.4 is 0 Å². The van der Waals surface area contributed by atoms with Crippen molar-refractivity contribution in [3.05, 3.63) is 12.2 Å². The number of hydrogen-bond donors (Lipinski definition) is 0. The van der Waals surface area contributed by atoms with Crippen LogP contribution in [0, 0.1) is 12.0 Å². The molecule has 0 amide bonds. The molecular formula is C10H14O2. The molecule has 0 N–H and O–H groups in total. The molecule has 0 aromatic carbocycles. The monoisotopic (exact) mass is 166 g/mol. The Morgan fingerprint density at radius 3 is 2.75 bits per heavy atom. The highest BCUT2D eigenvalue weighted by molar-refractivity contribution is 5.88. The van der Waals surface area contributed by atoms with Crippen molar-refractivity contribution < 1.29 is 9.53 Å². The van der Waals surface area contributed by atoms with Crippen LogP contribution >= 0.6 is 0 Å². The predicted octanol–water partition coefficient (Wildman–Crippen LogP) is 2.26. The van der Waals surface area contributed by atoms with Crippen molar-refractivity contribution in [1.29, 1.82) is 0 Å². The van der Waals surface area contributed by atoms with Gasteiger partial charge in [-0.05, 0) is 12.8 Å². The second-order valence-corrected chi connectivity index (χ2v) is 2.45. The Morgan fingerprint density at radius 1 is 1.58 bits per heavy atom. The third-order valence-corrected chi connectivity index (χ3v) is 1.37. The molecule has 0 aliphatic heterocycles. The molecule has 66 valence electrons. The molecule has 0 saturated heterocycles. The van der Waals surface area contributed by atoms with Gasteiger partial charge in [0.25, 0.3) is 0 Å². The summed E-state index contributed by atoms with van der Waals surface area (Å²) in [6.07, 6.45) is 4.95. The van der Waals surface area contributed by atoms with Gasteiger partial charge < -0.3 is 4.74 Å². The lowest BCUT2D eigenvalue weighted by molar-refractivity contribution is -0.132. The van der Waals surface area contributed by atoms with Crippen molar-refractivity contribution in [2.24, 2.45) is 0 Å². The van der Waals surface area contributed by atoms with E-state index < -0.39 is 5.97 Å². The highest BCUT2D eigenvalue weighted by Crippen LogP contribution is 2.05. The molecule has 0 unspecified atom stereocenters. The van der Waals surface area contributed by atoms with Crippen LogP contribution in [0.3, 0.4) is 0 Å². The van der Waals surface area contributed by atoms with Crippen molar-refractivity contribution in [3.8, 4) is 12.0 Å². The summed E-state index contributed by atoms with van der Waals surface area (Å²) in [6.45, 7) is 7.28. The Hall–Kier alpha value is -1.23. The summed E-state index contributed by atoms with van der Waals surface area (Å²) in [4.78, 5) is 11.0. The van der Waals surface area contributed by atoms with Gasteiger partial charge in [-0.2, -0.15) is 0 Å². The third kappa shape index (κ3) is 4.56. The Morgan fingerprint density at radius 2 is 2.25 bits per heavy atom. The van der Waals surface area contributed by atoms with Gasteiger partial charge >= 0.3 is 5.97 Å². The van der Waals surface area contributed by atoms with Gasteiger partial charge in [-0.15, -0.1) is 0 Å². The minimum atomic E-state index is -0.405. The Kier molecular flexibility index (Phi) is 5.81. The molecule has 2 heteroatoms. The maximum atomic E-state index is 11.0. The van der Waals surface area contributed by atoms with Gasteiger partial charge in [0.2, 0.25) is 0 Å².